The Bertz CT molecular complexity index is 527. The topological polar surface area (TPSA) is 38.1 Å². The van der Waals surface area contributed by atoms with Crippen molar-refractivity contribution in [3.8, 4) is 11.3 Å². The molecule has 0 radical (unpaired) electrons. The number of hydrogen-bond acceptors (Lipinski definition) is 4. The molecule has 0 atom stereocenters. The minimum Gasteiger partial charge on any atom is -0.469 e. The molecule has 2 aromatic heterocycles. The molecule has 1 aliphatic rings. The number of nitrogens with one attached hydrogen (secondary N) is 1. The van der Waals surface area contributed by atoms with E-state index in [1.54, 1.807) is 17.6 Å². The number of furan rings is 1. The van der Waals surface area contributed by atoms with Crippen LogP contribution in [0.5, 0.6) is 0 Å². The maximum atomic E-state index is 5.46. The number of fused-ring (bicyclic) bond motifs is 3. The Labute approximate surface area is 105 Å². The van der Waals surface area contributed by atoms with Gasteiger partial charge in [0, 0.05) is 23.4 Å². The molecule has 0 spiro atoms. The Kier molecular flexibility index (Phi) is 2.67. The van der Waals surface area contributed by atoms with Gasteiger partial charge in [-0.3, -0.25) is 0 Å². The predicted octanol–water partition coefficient (Wildman–Crippen LogP) is 3.57. The van der Waals surface area contributed by atoms with E-state index in [2.05, 4.69) is 24.1 Å². The summed E-state index contributed by atoms with van der Waals surface area (Å²) in [6.45, 7) is 5.38. The normalized spacial score (nSPS) is 13.6. The van der Waals surface area contributed by atoms with E-state index in [1.807, 2.05) is 6.07 Å². The van der Waals surface area contributed by atoms with Crippen LogP contribution >= 0.6 is 11.3 Å². The molecule has 17 heavy (non-hydrogen) atoms. The number of anilines is 1. The van der Waals surface area contributed by atoms with Crippen molar-refractivity contribution in [2.75, 3.05) is 11.9 Å². The summed E-state index contributed by atoms with van der Waals surface area (Å²) >= 11 is 1.78. The summed E-state index contributed by atoms with van der Waals surface area (Å²) in [5.74, 6) is 1.72. The molecule has 3 rings (SSSR count). The molecular weight excluding hydrogens is 232 g/mol. The molecule has 4 heteroatoms. The largest absolute Gasteiger partial charge is 0.469 e. The van der Waals surface area contributed by atoms with Crippen molar-refractivity contribution in [3.05, 3.63) is 23.0 Å². The number of aryl methyl sites for hydroxylation is 2. The Hall–Kier alpha value is -1.29. The van der Waals surface area contributed by atoms with Crippen LogP contribution in [0.1, 0.15) is 24.5 Å². The van der Waals surface area contributed by atoms with Crippen LogP contribution < -0.4 is 5.32 Å². The fourth-order valence-corrected chi connectivity index (χ4v) is 3.05. The second kappa shape index (κ2) is 4.18. The average Bonchev–Trinajstić information content (AvgIpc) is 2.91. The lowest BCUT2D eigenvalue weighted by Gasteiger charge is -2.07. The number of aromatic nitrogens is 1. The van der Waals surface area contributed by atoms with Crippen molar-refractivity contribution in [3.63, 3.8) is 0 Å². The summed E-state index contributed by atoms with van der Waals surface area (Å²) in [7, 11) is 0. The van der Waals surface area contributed by atoms with Crippen LogP contribution in [0.4, 0.5) is 5.13 Å². The average molecular weight is 248 g/mol. The van der Waals surface area contributed by atoms with E-state index in [-0.39, 0.29) is 0 Å². The summed E-state index contributed by atoms with van der Waals surface area (Å²) in [5, 5.41) is 4.44. The van der Waals surface area contributed by atoms with Crippen molar-refractivity contribution in [1.29, 1.82) is 0 Å². The molecule has 3 nitrogen and oxygen atoms in total. The van der Waals surface area contributed by atoms with Crippen molar-refractivity contribution in [2.24, 2.45) is 5.92 Å². The van der Waals surface area contributed by atoms with Crippen molar-refractivity contribution < 1.29 is 4.42 Å². The van der Waals surface area contributed by atoms with Gasteiger partial charge in [0.2, 0.25) is 0 Å². The van der Waals surface area contributed by atoms with Gasteiger partial charge in [0.1, 0.15) is 5.76 Å². The van der Waals surface area contributed by atoms with Gasteiger partial charge < -0.3 is 9.73 Å². The molecule has 2 aromatic rings. The second-order valence-electron chi connectivity index (χ2n) is 4.82. The highest BCUT2D eigenvalue weighted by Crippen LogP contribution is 2.38. The summed E-state index contributed by atoms with van der Waals surface area (Å²) < 4.78 is 5.46. The minimum absolute atomic E-state index is 0.639. The van der Waals surface area contributed by atoms with E-state index < -0.39 is 0 Å². The fourth-order valence-electron chi connectivity index (χ4n) is 2.07. The van der Waals surface area contributed by atoms with Gasteiger partial charge in [-0.1, -0.05) is 13.8 Å². The van der Waals surface area contributed by atoms with Crippen LogP contribution in [0.15, 0.2) is 16.7 Å². The first kappa shape index (κ1) is 10.8. The number of nitrogens with zero attached hydrogens (tertiary/aromatic N) is 1. The number of rotatable bonds is 3. The highest BCUT2D eigenvalue weighted by Gasteiger charge is 2.22. The Morgan fingerprint density at radius 1 is 1.47 bits per heavy atom. The molecule has 0 fully saturated rings. The third kappa shape index (κ3) is 1.97. The molecule has 1 N–H and O–H groups in total. The molecule has 0 saturated heterocycles. The molecule has 0 saturated carbocycles. The van der Waals surface area contributed by atoms with Crippen LogP contribution in [-0.2, 0) is 12.8 Å². The van der Waals surface area contributed by atoms with Crippen molar-refractivity contribution in [1.82, 2.24) is 4.98 Å². The van der Waals surface area contributed by atoms with E-state index in [4.69, 9.17) is 4.42 Å². The molecule has 0 aromatic carbocycles. The zero-order valence-electron chi connectivity index (χ0n) is 10.1. The van der Waals surface area contributed by atoms with E-state index in [0.717, 1.165) is 36.0 Å². The van der Waals surface area contributed by atoms with Crippen LogP contribution in [0.3, 0.4) is 0 Å². The van der Waals surface area contributed by atoms with Gasteiger partial charge in [-0.05, 0) is 18.4 Å². The Morgan fingerprint density at radius 3 is 3.18 bits per heavy atom. The van der Waals surface area contributed by atoms with Crippen LogP contribution in [0.25, 0.3) is 11.3 Å². The molecule has 90 valence electrons. The predicted molar refractivity (Wildman–Crippen MR) is 70.6 cm³/mol. The zero-order chi connectivity index (χ0) is 11.8. The van der Waals surface area contributed by atoms with Gasteiger partial charge in [-0.25, -0.2) is 4.98 Å². The maximum absolute atomic E-state index is 5.46. The summed E-state index contributed by atoms with van der Waals surface area (Å²) in [6, 6.07) is 2.03. The third-order valence-corrected chi connectivity index (χ3v) is 4.01. The van der Waals surface area contributed by atoms with Crippen LogP contribution in [0.2, 0.25) is 0 Å². The van der Waals surface area contributed by atoms with E-state index in [1.165, 1.54) is 10.4 Å². The quantitative estimate of drug-likeness (QED) is 0.902. The fraction of sp³-hybridized carbons (Fsp3) is 0.462. The lowest BCUT2D eigenvalue weighted by Crippen LogP contribution is -2.07. The summed E-state index contributed by atoms with van der Waals surface area (Å²) in [4.78, 5) is 6.06. The Morgan fingerprint density at radius 2 is 2.35 bits per heavy atom. The van der Waals surface area contributed by atoms with Crippen molar-refractivity contribution >= 4 is 16.5 Å². The standard InChI is InChI=1S/C13H16N2OS/c1-8(2)7-14-13-15-12-9-5-6-16-10(9)3-4-11(12)17-13/h5-6,8H,3-4,7H2,1-2H3,(H,14,15). The molecule has 2 heterocycles. The Balaban J connectivity index is 1.89. The summed E-state index contributed by atoms with van der Waals surface area (Å²) in [5.41, 5.74) is 2.30. The molecule has 0 aliphatic heterocycles. The second-order valence-corrected chi connectivity index (χ2v) is 5.91. The van der Waals surface area contributed by atoms with E-state index in [0.29, 0.717) is 5.92 Å². The van der Waals surface area contributed by atoms with E-state index >= 15 is 0 Å². The molecule has 0 bridgehead atoms. The minimum atomic E-state index is 0.639. The highest BCUT2D eigenvalue weighted by atomic mass is 32.1. The third-order valence-electron chi connectivity index (χ3n) is 2.94. The zero-order valence-corrected chi connectivity index (χ0v) is 10.9. The van der Waals surface area contributed by atoms with Gasteiger partial charge in [0.05, 0.1) is 12.0 Å². The lowest BCUT2D eigenvalue weighted by molar-refractivity contribution is 0.508. The van der Waals surface area contributed by atoms with Gasteiger partial charge in [-0.2, -0.15) is 0 Å². The lowest BCUT2D eigenvalue weighted by atomic mass is 10.0. The first-order chi connectivity index (χ1) is 8.24. The van der Waals surface area contributed by atoms with Crippen LogP contribution in [-0.4, -0.2) is 11.5 Å². The smallest absolute Gasteiger partial charge is 0.183 e. The van der Waals surface area contributed by atoms with Gasteiger partial charge in [0.15, 0.2) is 5.13 Å². The number of thiazole rings is 1. The highest BCUT2D eigenvalue weighted by molar-refractivity contribution is 7.16. The first-order valence-corrected chi connectivity index (χ1v) is 6.86. The first-order valence-electron chi connectivity index (χ1n) is 6.04. The van der Waals surface area contributed by atoms with Crippen LogP contribution in [0, 0.1) is 5.92 Å². The molecule has 0 unspecified atom stereocenters. The summed E-state index contributed by atoms with van der Waals surface area (Å²) in [6.07, 6.45) is 3.82. The molecular formula is C13H16N2OS. The number of hydrogen-bond donors (Lipinski definition) is 1. The molecule has 0 amide bonds. The molecule has 1 aliphatic carbocycles. The van der Waals surface area contributed by atoms with Crippen molar-refractivity contribution in [2.45, 2.75) is 26.7 Å². The van der Waals surface area contributed by atoms with Gasteiger partial charge >= 0.3 is 0 Å². The van der Waals surface area contributed by atoms with Gasteiger partial charge in [-0.15, -0.1) is 11.3 Å². The SMILES string of the molecule is CC(C)CNc1nc2c(s1)CCc1occc1-2. The van der Waals surface area contributed by atoms with Gasteiger partial charge in [0.25, 0.3) is 0 Å². The maximum Gasteiger partial charge on any atom is 0.183 e. The monoisotopic (exact) mass is 248 g/mol. The van der Waals surface area contributed by atoms with E-state index in [9.17, 15) is 0 Å².